The fourth-order valence-corrected chi connectivity index (χ4v) is 9.41. The van der Waals surface area contributed by atoms with E-state index in [2.05, 4.69) is 19.2 Å². The van der Waals surface area contributed by atoms with E-state index >= 15 is 0 Å². The third-order valence-electron chi connectivity index (χ3n) is 12.5. The van der Waals surface area contributed by atoms with Crippen molar-refractivity contribution in [1.29, 1.82) is 0 Å². The number of nitrogens with zero attached hydrogens (tertiary/aromatic N) is 2. The van der Waals surface area contributed by atoms with Gasteiger partial charge in [0.05, 0.1) is 31.4 Å². The summed E-state index contributed by atoms with van der Waals surface area (Å²) < 4.78 is 18.6. The minimum atomic E-state index is -0.777. The highest BCUT2D eigenvalue weighted by Gasteiger charge is 2.43. The number of carbonyl (C=O) groups excluding carboxylic acids is 3. The number of ether oxygens (including phenoxy) is 3. The van der Waals surface area contributed by atoms with E-state index in [-0.39, 0.29) is 49.4 Å². The average molecular weight is 822 g/mol. The molecule has 0 fully saturated rings. The van der Waals surface area contributed by atoms with E-state index in [1.54, 1.807) is 21.9 Å². The van der Waals surface area contributed by atoms with Crippen molar-refractivity contribution >= 4 is 34.8 Å². The number of aryl methyl sites for hydroxylation is 1. The van der Waals surface area contributed by atoms with Crippen LogP contribution in [-0.4, -0.2) is 59.3 Å². The number of nitrogens with one attached hydrogen (secondary N) is 1. The van der Waals surface area contributed by atoms with E-state index in [0.29, 0.717) is 71.2 Å². The Morgan fingerprint density at radius 1 is 0.689 bits per heavy atom. The van der Waals surface area contributed by atoms with E-state index in [9.17, 15) is 24.6 Å². The average Bonchev–Trinajstić information content (AvgIpc) is 3.79. The normalized spacial score (nSPS) is 19.9. The summed E-state index contributed by atoms with van der Waals surface area (Å²) in [6.45, 7) is 6.34. The molecule has 3 amide bonds. The zero-order valence-corrected chi connectivity index (χ0v) is 34.9. The largest absolute Gasteiger partial charge is 0.493 e. The van der Waals surface area contributed by atoms with E-state index in [4.69, 9.17) is 14.2 Å². The monoisotopic (exact) mass is 821 g/mol. The molecule has 0 saturated heterocycles. The summed E-state index contributed by atoms with van der Waals surface area (Å²) in [6, 6.07) is 27.8. The third kappa shape index (κ3) is 7.72. The molecule has 314 valence electrons. The van der Waals surface area contributed by atoms with Crippen LogP contribution in [-0.2, 0) is 43.7 Å². The molecule has 0 bridgehead atoms. The zero-order chi connectivity index (χ0) is 42.5. The molecule has 4 atom stereocenters. The lowest BCUT2D eigenvalue weighted by molar-refractivity contribution is -0.116. The van der Waals surface area contributed by atoms with Gasteiger partial charge in [0.1, 0.15) is 19.0 Å². The molecule has 11 heteroatoms. The Bertz CT molecular complexity index is 2550. The summed E-state index contributed by atoms with van der Waals surface area (Å²) in [4.78, 5) is 44.6. The number of methoxy groups -OCH3 is 1. The second-order valence-electron chi connectivity index (χ2n) is 17.2. The topological polar surface area (TPSA) is 138 Å². The molecule has 0 aromatic heterocycles. The maximum Gasteiger partial charge on any atom is 0.259 e. The van der Waals surface area contributed by atoms with E-state index in [1.807, 2.05) is 85.8 Å². The number of aliphatic hydroxyl groups is 2. The number of aliphatic hydroxyl groups excluding tert-OH is 2. The van der Waals surface area contributed by atoms with Gasteiger partial charge >= 0.3 is 0 Å². The Morgan fingerprint density at radius 2 is 1.21 bits per heavy atom. The summed E-state index contributed by atoms with van der Waals surface area (Å²) in [5, 5.41) is 25.8. The Hall–Kier alpha value is -6.17. The molecule has 4 aliphatic rings. The Kier molecular flexibility index (Phi) is 10.8. The summed E-state index contributed by atoms with van der Waals surface area (Å²) >= 11 is 0. The second-order valence-corrected chi connectivity index (χ2v) is 17.2. The highest BCUT2D eigenvalue weighted by atomic mass is 16.5. The molecule has 2 unspecified atom stereocenters. The fraction of sp³-hybridized carbons (Fsp3) is 0.340. The quantitative estimate of drug-likeness (QED) is 0.125. The maximum atomic E-state index is 14.1. The molecule has 61 heavy (non-hydrogen) atoms. The lowest BCUT2D eigenvalue weighted by Crippen LogP contribution is -2.43. The zero-order valence-electron chi connectivity index (χ0n) is 34.9. The molecule has 5 aromatic rings. The standard InChI is InChI=1S/C50H51N3O8/c1-28(2)13-14-48(56)51-36-17-30(26-60-45-23-34-21-43(54)41-19-32-9-5-7-11-39(32)52(41)49(57)37(34)15-29(45)3)16-31(18-36)27-61-47-24-35-22-44(55)42-20-33-10-6-8-12-40(33)53(42)50(58)38(35)25-46(47)59-4/h5-12,15-18,23-25,28,41-44,54-55H,13-14,19-22,26-27H2,1-4H3,(H,51,56)/t41-,42-,43?,44?/m0/s1. The van der Waals surface area contributed by atoms with Crippen LogP contribution in [0.4, 0.5) is 17.1 Å². The number of carbonyl (C=O) groups is 3. The van der Waals surface area contributed by atoms with Gasteiger partial charge in [-0.05, 0) is 126 Å². The first-order valence-electron chi connectivity index (χ1n) is 21.2. The Labute approximate surface area is 355 Å². The first-order valence-corrected chi connectivity index (χ1v) is 21.2. The van der Waals surface area contributed by atoms with E-state index < -0.39 is 12.2 Å². The summed E-state index contributed by atoms with van der Waals surface area (Å²) in [6.07, 6.45) is 1.39. The number of para-hydroxylation sites is 2. The van der Waals surface area contributed by atoms with Crippen LogP contribution >= 0.6 is 0 Å². The Balaban J connectivity index is 0.966. The third-order valence-corrected chi connectivity index (χ3v) is 12.5. The van der Waals surface area contributed by atoms with Crippen LogP contribution in [0.3, 0.4) is 0 Å². The molecule has 4 heterocycles. The minimum absolute atomic E-state index is 0.0923. The molecule has 0 aliphatic carbocycles. The van der Waals surface area contributed by atoms with Crippen LogP contribution in [0, 0.1) is 12.8 Å². The van der Waals surface area contributed by atoms with Crippen LogP contribution in [0.2, 0.25) is 0 Å². The molecule has 0 spiro atoms. The van der Waals surface area contributed by atoms with Crippen molar-refractivity contribution < 1.29 is 38.8 Å². The smallest absolute Gasteiger partial charge is 0.259 e. The Morgan fingerprint density at radius 3 is 1.77 bits per heavy atom. The molecule has 4 aliphatic heterocycles. The minimum Gasteiger partial charge on any atom is -0.493 e. The number of benzene rings is 5. The van der Waals surface area contributed by atoms with Crippen molar-refractivity contribution in [3.63, 3.8) is 0 Å². The summed E-state index contributed by atoms with van der Waals surface area (Å²) in [5.74, 6) is 1.39. The molecule has 0 radical (unpaired) electrons. The first kappa shape index (κ1) is 40.2. The molecule has 11 nitrogen and oxygen atoms in total. The van der Waals surface area contributed by atoms with Crippen LogP contribution < -0.4 is 29.3 Å². The van der Waals surface area contributed by atoms with E-state index in [0.717, 1.165) is 51.2 Å². The van der Waals surface area contributed by atoms with Crippen molar-refractivity contribution in [3.05, 3.63) is 141 Å². The van der Waals surface area contributed by atoms with Crippen LogP contribution in [0.25, 0.3) is 0 Å². The van der Waals surface area contributed by atoms with Gasteiger partial charge in [-0.25, -0.2) is 0 Å². The van der Waals surface area contributed by atoms with Gasteiger partial charge in [-0.3, -0.25) is 14.4 Å². The van der Waals surface area contributed by atoms with Crippen molar-refractivity contribution in [3.8, 4) is 17.2 Å². The number of rotatable bonds is 11. The molecule has 9 rings (SSSR count). The molecule has 5 aromatic carbocycles. The molecule has 3 N–H and O–H groups in total. The summed E-state index contributed by atoms with van der Waals surface area (Å²) in [5.41, 5.74) is 9.14. The van der Waals surface area contributed by atoms with Crippen LogP contribution in [0.1, 0.15) is 86.3 Å². The van der Waals surface area contributed by atoms with Crippen molar-refractivity contribution in [2.75, 3.05) is 22.2 Å². The molecular formula is C50H51N3O8. The highest BCUT2D eigenvalue weighted by Crippen LogP contribution is 2.42. The van der Waals surface area contributed by atoms with Gasteiger partial charge in [-0.1, -0.05) is 50.2 Å². The van der Waals surface area contributed by atoms with Gasteiger partial charge in [0.2, 0.25) is 5.91 Å². The van der Waals surface area contributed by atoms with Crippen LogP contribution in [0.5, 0.6) is 17.2 Å². The van der Waals surface area contributed by atoms with Gasteiger partial charge in [0.25, 0.3) is 11.8 Å². The van der Waals surface area contributed by atoms with Crippen molar-refractivity contribution in [2.45, 2.75) is 96.8 Å². The lowest BCUT2D eigenvalue weighted by atomic mass is 9.96. The number of fused-ring (bicyclic) bond motifs is 8. The molecule has 0 saturated carbocycles. The SMILES string of the molecule is COc1cc2c(cc1OCc1cc(COc3cc4c(cc3C)C(=O)N3c5ccccc5C[C@H]3C(O)C4)cc(NC(=O)CCC(C)C)c1)CC(O)[C@@H]1Cc3ccccc3N1C2=O. The number of anilines is 3. The fourth-order valence-electron chi connectivity index (χ4n) is 9.41. The number of hydrogen-bond donors (Lipinski definition) is 3. The van der Waals surface area contributed by atoms with Crippen molar-refractivity contribution in [1.82, 2.24) is 0 Å². The van der Waals surface area contributed by atoms with Gasteiger partial charge in [0.15, 0.2) is 11.5 Å². The van der Waals surface area contributed by atoms with Crippen LogP contribution in [0.15, 0.2) is 91.0 Å². The van der Waals surface area contributed by atoms with Gasteiger partial charge in [-0.2, -0.15) is 0 Å². The van der Waals surface area contributed by atoms with Gasteiger partial charge in [-0.15, -0.1) is 0 Å². The van der Waals surface area contributed by atoms with Crippen molar-refractivity contribution in [2.24, 2.45) is 5.92 Å². The van der Waals surface area contributed by atoms with Gasteiger partial charge < -0.3 is 39.5 Å². The lowest BCUT2D eigenvalue weighted by Gasteiger charge is -2.26. The second kappa shape index (κ2) is 16.4. The van der Waals surface area contributed by atoms with E-state index in [1.165, 1.54) is 7.11 Å². The predicted molar refractivity (Wildman–Crippen MR) is 233 cm³/mol. The maximum absolute atomic E-state index is 14.1. The number of amides is 3. The number of hydrogen-bond acceptors (Lipinski definition) is 8. The first-order chi connectivity index (χ1) is 29.4. The summed E-state index contributed by atoms with van der Waals surface area (Å²) in [7, 11) is 1.53. The predicted octanol–water partition coefficient (Wildman–Crippen LogP) is 7.51. The van der Waals surface area contributed by atoms with Gasteiger partial charge in [0, 0.05) is 47.5 Å². The molecular weight excluding hydrogens is 771 g/mol. The highest BCUT2D eigenvalue weighted by molar-refractivity contribution is 6.10.